The fourth-order valence-electron chi connectivity index (χ4n) is 0.973. The van der Waals surface area contributed by atoms with Gasteiger partial charge in [-0.15, -0.1) is 10.2 Å². The molecule has 0 aliphatic rings. The molecular formula is C10H19N3S2. The first-order valence-corrected chi connectivity index (χ1v) is 6.97. The first-order chi connectivity index (χ1) is 7.03. The Morgan fingerprint density at radius 3 is 2.87 bits per heavy atom. The maximum atomic E-state index is 4.02. The molecular weight excluding hydrogens is 226 g/mol. The summed E-state index contributed by atoms with van der Waals surface area (Å²) in [6, 6.07) is 0. The molecule has 15 heavy (non-hydrogen) atoms. The molecule has 0 saturated heterocycles. The zero-order valence-corrected chi connectivity index (χ0v) is 11.4. The normalized spacial score (nSPS) is 14.1. The van der Waals surface area contributed by atoms with Crippen LogP contribution in [0.2, 0.25) is 0 Å². The lowest BCUT2D eigenvalue weighted by Gasteiger charge is -2.26. The van der Waals surface area contributed by atoms with Crippen molar-refractivity contribution < 1.29 is 0 Å². The first-order valence-electron chi connectivity index (χ1n) is 5.21. The third-order valence-electron chi connectivity index (χ3n) is 2.39. The Bertz CT molecular complexity index is 272. The second-order valence-corrected chi connectivity index (χ2v) is 6.77. The lowest BCUT2D eigenvalue weighted by Crippen LogP contribution is -2.41. The summed E-state index contributed by atoms with van der Waals surface area (Å²) >= 11 is 3.39. The van der Waals surface area contributed by atoms with Crippen LogP contribution >= 0.6 is 23.1 Å². The molecule has 0 aliphatic carbocycles. The number of rotatable bonds is 6. The summed E-state index contributed by atoms with van der Waals surface area (Å²) in [4.78, 5) is 0. The van der Waals surface area contributed by atoms with E-state index >= 15 is 0 Å². The minimum absolute atomic E-state index is 0.232. The van der Waals surface area contributed by atoms with E-state index in [2.05, 4.69) is 43.2 Å². The van der Waals surface area contributed by atoms with Gasteiger partial charge in [0.1, 0.15) is 5.51 Å². The molecule has 1 aromatic heterocycles. The smallest absolute Gasteiger partial charge is 0.174 e. The molecule has 0 spiro atoms. The second kappa shape index (κ2) is 5.82. The number of aromatic nitrogens is 2. The van der Waals surface area contributed by atoms with E-state index in [9.17, 15) is 0 Å². The Morgan fingerprint density at radius 2 is 2.33 bits per heavy atom. The van der Waals surface area contributed by atoms with Gasteiger partial charge in [0, 0.05) is 17.3 Å². The van der Waals surface area contributed by atoms with Crippen molar-refractivity contribution in [1.82, 2.24) is 15.5 Å². The fraction of sp³-hybridized carbons (Fsp3) is 0.800. The van der Waals surface area contributed by atoms with Crippen LogP contribution in [0.3, 0.4) is 0 Å². The van der Waals surface area contributed by atoms with Crippen LogP contribution in [0.5, 0.6) is 0 Å². The topological polar surface area (TPSA) is 37.8 Å². The highest BCUT2D eigenvalue weighted by Gasteiger charge is 2.15. The minimum atomic E-state index is 0.232. The van der Waals surface area contributed by atoms with Crippen molar-refractivity contribution in [3.05, 3.63) is 5.51 Å². The summed E-state index contributed by atoms with van der Waals surface area (Å²) in [7, 11) is 0. The van der Waals surface area contributed by atoms with Crippen molar-refractivity contribution >= 4 is 23.1 Å². The van der Waals surface area contributed by atoms with Crippen molar-refractivity contribution in [2.45, 2.75) is 49.2 Å². The molecule has 86 valence electrons. The maximum absolute atomic E-state index is 4.02. The molecule has 0 amide bonds. The molecule has 3 nitrogen and oxygen atoms in total. The summed E-state index contributed by atoms with van der Waals surface area (Å²) in [6.45, 7) is 9.89. The van der Waals surface area contributed by atoms with Crippen LogP contribution in [0.1, 0.15) is 34.1 Å². The molecule has 1 heterocycles. The monoisotopic (exact) mass is 245 g/mol. The Balaban J connectivity index is 2.28. The summed E-state index contributed by atoms with van der Waals surface area (Å²) in [5.74, 6) is 0. The highest BCUT2D eigenvalue weighted by atomic mass is 32.2. The lowest BCUT2D eigenvalue weighted by atomic mass is 10.0. The predicted molar refractivity (Wildman–Crippen MR) is 67.6 cm³/mol. The molecule has 0 aromatic carbocycles. The lowest BCUT2D eigenvalue weighted by molar-refractivity contribution is 0.379. The van der Waals surface area contributed by atoms with E-state index in [1.807, 2.05) is 0 Å². The average Bonchev–Trinajstić information content (AvgIpc) is 2.68. The molecule has 1 N–H and O–H groups in total. The van der Waals surface area contributed by atoms with Crippen molar-refractivity contribution in [2.75, 3.05) is 6.54 Å². The van der Waals surface area contributed by atoms with Crippen LogP contribution in [0, 0.1) is 0 Å². The molecule has 0 radical (unpaired) electrons. The molecule has 1 unspecified atom stereocenters. The van der Waals surface area contributed by atoms with Gasteiger partial charge in [-0.25, -0.2) is 0 Å². The van der Waals surface area contributed by atoms with Gasteiger partial charge in [-0.3, -0.25) is 0 Å². The summed E-state index contributed by atoms with van der Waals surface area (Å²) in [6.07, 6.45) is 1.14. The van der Waals surface area contributed by atoms with E-state index in [0.29, 0.717) is 5.25 Å². The van der Waals surface area contributed by atoms with Gasteiger partial charge >= 0.3 is 0 Å². The number of hydrogen-bond donors (Lipinski definition) is 1. The van der Waals surface area contributed by atoms with Crippen LogP contribution in [0.25, 0.3) is 0 Å². The zero-order chi connectivity index (χ0) is 11.3. The highest BCUT2D eigenvalue weighted by molar-refractivity contribution is 8.01. The minimum Gasteiger partial charge on any atom is -0.311 e. The number of thioether (sulfide) groups is 1. The largest absolute Gasteiger partial charge is 0.311 e. The van der Waals surface area contributed by atoms with Gasteiger partial charge in [0.25, 0.3) is 0 Å². The van der Waals surface area contributed by atoms with E-state index in [4.69, 9.17) is 0 Å². The summed E-state index contributed by atoms with van der Waals surface area (Å²) < 4.78 is 1.05. The SMILES string of the molecule is CCC(C)(C)NCC(C)Sc1nncs1. The van der Waals surface area contributed by atoms with Crippen LogP contribution in [0.4, 0.5) is 0 Å². The maximum Gasteiger partial charge on any atom is 0.174 e. The Kier molecular flexibility index (Phi) is 5.02. The Hall–Kier alpha value is -0.130. The van der Waals surface area contributed by atoms with Crippen molar-refractivity contribution in [3.8, 4) is 0 Å². The number of nitrogens with one attached hydrogen (secondary N) is 1. The van der Waals surface area contributed by atoms with E-state index < -0.39 is 0 Å². The highest BCUT2D eigenvalue weighted by Crippen LogP contribution is 2.24. The van der Waals surface area contributed by atoms with Crippen molar-refractivity contribution in [1.29, 1.82) is 0 Å². The van der Waals surface area contributed by atoms with Crippen LogP contribution < -0.4 is 5.32 Å². The molecule has 5 heteroatoms. The van der Waals surface area contributed by atoms with Gasteiger partial charge in [-0.05, 0) is 20.3 Å². The van der Waals surface area contributed by atoms with Crippen molar-refractivity contribution in [3.63, 3.8) is 0 Å². The van der Waals surface area contributed by atoms with E-state index in [-0.39, 0.29) is 5.54 Å². The van der Waals surface area contributed by atoms with Gasteiger partial charge in [-0.2, -0.15) is 0 Å². The Labute approximate surface area is 100 Å². The molecule has 0 saturated carbocycles. The number of nitrogens with zero attached hydrogens (tertiary/aromatic N) is 2. The summed E-state index contributed by atoms with van der Waals surface area (Å²) in [5.41, 5.74) is 2.01. The summed E-state index contributed by atoms with van der Waals surface area (Å²) in [5, 5.41) is 11.9. The first kappa shape index (κ1) is 12.9. The van der Waals surface area contributed by atoms with E-state index in [1.165, 1.54) is 0 Å². The van der Waals surface area contributed by atoms with Gasteiger partial charge in [0.15, 0.2) is 4.34 Å². The van der Waals surface area contributed by atoms with Crippen molar-refractivity contribution in [2.24, 2.45) is 0 Å². The molecule has 0 fully saturated rings. The molecule has 0 bridgehead atoms. The third kappa shape index (κ3) is 4.95. The van der Waals surface area contributed by atoms with Crippen LogP contribution in [0.15, 0.2) is 9.85 Å². The molecule has 1 atom stereocenters. The van der Waals surface area contributed by atoms with E-state index in [0.717, 1.165) is 17.3 Å². The van der Waals surface area contributed by atoms with Crippen LogP contribution in [-0.4, -0.2) is 27.5 Å². The molecule has 1 rings (SSSR count). The average molecular weight is 245 g/mol. The van der Waals surface area contributed by atoms with Gasteiger partial charge < -0.3 is 5.32 Å². The quantitative estimate of drug-likeness (QED) is 0.782. The number of hydrogen-bond acceptors (Lipinski definition) is 5. The Morgan fingerprint density at radius 1 is 1.60 bits per heavy atom. The van der Waals surface area contributed by atoms with Crippen LogP contribution in [-0.2, 0) is 0 Å². The van der Waals surface area contributed by atoms with Gasteiger partial charge in [-0.1, -0.05) is 36.9 Å². The zero-order valence-electron chi connectivity index (χ0n) is 9.78. The molecule has 0 aliphatic heterocycles. The predicted octanol–water partition coefficient (Wildman–Crippen LogP) is 2.80. The molecule has 1 aromatic rings. The van der Waals surface area contributed by atoms with Gasteiger partial charge in [0.2, 0.25) is 0 Å². The fourth-order valence-corrected chi connectivity index (χ4v) is 2.70. The van der Waals surface area contributed by atoms with Gasteiger partial charge in [0.05, 0.1) is 0 Å². The third-order valence-corrected chi connectivity index (χ3v) is 4.31. The second-order valence-electron chi connectivity index (χ2n) is 4.25. The van der Waals surface area contributed by atoms with E-state index in [1.54, 1.807) is 28.6 Å². The standard InChI is InChI=1S/C10H19N3S2/c1-5-10(3,4)11-6-8(2)15-9-13-12-7-14-9/h7-8,11H,5-6H2,1-4H3.